The maximum atomic E-state index is 10.7. The number of nitrogens with zero attached hydrogens (tertiary/aromatic N) is 2. The number of aryl methyl sites for hydroxylation is 2. The number of nitro groups is 1. The van der Waals surface area contributed by atoms with Crippen molar-refractivity contribution in [3.8, 4) is 0 Å². The van der Waals surface area contributed by atoms with E-state index in [1.54, 1.807) is 11.3 Å². The van der Waals surface area contributed by atoms with Gasteiger partial charge in [-0.05, 0) is 48.3 Å². The highest BCUT2D eigenvalue weighted by molar-refractivity contribution is 9.10. The summed E-state index contributed by atoms with van der Waals surface area (Å²) in [6.45, 7) is 6.21. The van der Waals surface area contributed by atoms with Crippen molar-refractivity contribution >= 4 is 38.8 Å². The van der Waals surface area contributed by atoms with Crippen LogP contribution in [0.4, 0.5) is 11.5 Å². The van der Waals surface area contributed by atoms with E-state index >= 15 is 0 Å². The molecule has 0 radical (unpaired) electrons. The molecule has 1 atom stereocenters. The van der Waals surface area contributed by atoms with E-state index in [1.807, 2.05) is 6.92 Å². The van der Waals surface area contributed by atoms with Crippen LogP contribution in [0.1, 0.15) is 28.3 Å². The SMILES string of the molecule is Cc1cc(C(C)Nc2ncc([N+](=O)[O-])cc2Br)c(C)s1. The summed E-state index contributed by atoms with van der Waals surface area (Å²) in [7, 11) is 0. The number of rotatable bonds is 4. The van der Waals surface area contributed by atoms with Crippen molar-refractivity contribution in [2.45, 2.75) is 26.8 Å². The van der Waals surface area contributed by atoms with E-state index in [-0.39, 0.29) is 11.7 Å². The van der Waals surface area contributed by atoms with Crippen LogP contribution in [0.15, 0.2) is 22.8 Å². The van der Waals surface area contributed by atoms with Crippen molar-refractivity contribution in [2.75, 3.05) is 5.32 Å². The fourth-order valence-corrected chi connectivity index (χ4v) is 3.47. The van der Waals surface area contributed by atoms with Crippen molar-refractivity contribution in [1.82, 2.24) is 4.98 Å². The molecule has 0 aromatic carbocycles. The minimum Gasteiger partial charge on any atom is -0.363 e. The molecule has 0 spiro atoms. The Balaban J connectivity index is 2.22. The van der Waals surface area contributed by atoms with Crippen molar-refractivity contribution in [2.24, 2.45) is 0 Å². The molecule has 5 nitrogen and oxygen atoms in total. The number of hydrogen-bond acceptors (Lipinski definition) is 5. The Labute approximate surface area is 129 Å². The lowest BCUT2D eigenvalue weighted by Crippen LogP contribution is -2.08. The molecular weight excluding hydrogens is 342 g/mol. The summed E-state index contributed by atoms with van der Waals surface area (Å²) in [6.07, 6.45) is 1.26. The molecule has 0 aliphatic rings. The Morgan fingerprint density at radius 1 is 1.45 bits per heavy atom. The van der Waals surface area contributed by atoms with Gasteiger partial charge in [0, 0.05) is 15.8 Å². The van der Waals surface area contributed by atoms with Gasteiger partial charge in [0.25, 0.3) is 5.69 Å². The molecule has 106 valence electrons. The fourth-order valence-electron chi connectivity index (χ4n) is 2.00. The lowest BCUT2D eigenvalue weighted by Gasteiger charge is -2.15. The standard InChI is InChI=1S/C13H14BrN3O2S/c1-7-4-11(9(3)20-7)8(2)16-13-12(14)5-10(6-15-13)17(18)19/h4-6,8H,1-3H3,(H,15,16). The molecule has 20 heavy (non-hydrogen) atoms. The van der Waals surface area contributed by atoms with Crippen LogP contribution >= 0.6 is 27.3 Å². The quantitative estimate of drug-likeness (QED) is 0.642. The normalized spacial score (nSPS) is 12.2. The third-order valence-electron chi connectivity index (χ3n) is 2.94. The average Bonchev–Trinajstić information content (AvgIpc) is 2.70. The van der Waals surface area contributed by atoms with Crippen molar-refractivity contribution < 1.29 is 4.92 Å². The van der Waals surface area contributed by atoms with Crippen LogP contribution in [0.25, 0.3) is 0 Å². The molecule has 2 aromatic heterocycles. The maximum absolute atomic E-state index is 10.7. The van der Waals surface area contributed by atoms with Crippen molar-refractivity contribution in [3.63, 3.8) is 0 Å². The summed E-state index contributed by atoms with van der Waals surface area (Å²) in [5, 5.41) is 14.0. The van der Waals surface area contributed by atoms with Gasteiger partial charge in [0.2, 0.25) is 0 Å². The fraction of sp³-hybridized carbons (Fsp3) is 0.308. The first-order valence-corrected chi connectivity index (χ1v) is 7.63. The number of pyridine rings is 1. The van der Waals surface area contributed by atoms with Gasteiger partial charge in [0.05, 0.1) is 15.4 Å². The van der Waals surface area contributed by atoms with Gasteiger partial charge in [0.15, 0.2) is 0 Å². The van der Waals surface area contributed by atoms with E-state index in [2.05, 4.69) is 46.1 Å². The zero-order chi connectivity index (χ0) is 14.9. The summed E-state index contributed by atoms with van der Waals surface area (Å²) in [5.74, 6) is 0.603. The third-order valence-corrected chi connectivity index (χ3v) is 4.52. The van der Waals surface area contributed by atoms with E-state index in [1.165, 1.54) is 27.6 Å². The molecule has 0 fully saturated rings. The van der Waals surface area contributed by atoms with Gasteiger partial charge in [-0.25, -0.2) is 4.98 Å². The predicted octanol–water partition coefficient (Wildman–Crippen LogP) is 4.60. The monoisotopic (exact) mass is 355 g/mol. The summed E-state index contributed by atoms with van der Waals surface area (Å²) in [5.41, 5.74) is 1.19. The molecule has 0 saturated carbocycles. The summed E-state index contributed by atoms with van der Waals surface area (Å²) in [6, 6.07) is 3.69. The topological polar surface area (TPSA) is 68.1 Å². The van der Waals surface area contributed by atoms with Crippen molar-refractivity contribution in [3.05, 3.63) is 48.2 Å². The van der Waals surface area contributed by atoms with Crippen LogP contribution in [0.2, 0.25) is 0 Å². The molecular formula is C13H14BrN3O2S. The van der Waals surface area contributed by atoms with Gasteiger partial charge >= 0.3 is 0 Å². The van der Waals surface area contributed by atoms with Crippen LogP contribution < -0.4 is 5.32 Å². The molecule has 0 aliphatic heterocycles. The van der Waals surface area contributed by atoms with E-state index in [0.717, 1.165) is 0 Å². The van der Waals surface area contributed by atoms with E-state index in [9.17, 15) is 10.1 Å². The Hall–Kier alpha value is -1.47. The minimum absolute atomic E-state index is 0.0300. The summed E-state index contributed by atoms with van der Waals surface area (Å²) < 4.78 is 0.586. The van der Waals surface area contributed by atoms with Gasteiger partial charge in [-0.1, -0.05) is 0 Å². The highest BCUT2D eigenvalue weighted by Gasteiger charge is 2.15. The van der Waals surface area contributed by atoms with Gasteiger partial charge in [-0.3, -0.25) is 10.1 Å². The number of thiophene rings is 1. The maximum Gasteiger partial charge on any atom is 0.288 e. The van der Waals surface area contributed by atoms with E-state index < -0.39 is 4.92 Å². The molecule has 0 amide bonds. The summed E-state index contributed by atoms with van der Waals surface area (Å²) >= 11 is 5.07. The first-order valence-electron chi connectivity index (χ1n) is 6.02. The number of anilines is 1. The predicted molar refractivity (Wildman–Crippen MR) is 84.4 cm³/mol. The molecule has 0 aliphatic carbocycles. The van der Waals surface area contributed by atoms with Crippen LogP contribution in [0.5, 0.6) is 0 Å². The highest BCUT2D eigenvalue weighted by atomic mass is 79.9. The lowest BCUT2D eigenvalue weighted by molar-refractivity contribution is -0.385. The highest BCUT2D eigenvalue weighted by Crippen LogP contribution is 2.31. The molecule has 0 saturated heterocycles. The van der Waals surface area contributed by atoms with Crippen LogP contribution in [0, 0.1) is 24.0 Å². The number of hydrogen-bond donors (Lipinski definition) is 1. The lowest BCUT2D eigenvalue weighted by atomic mass is 10.1. The molecule has 2 heterocycles. The van der Waals surface area contributed by atoms with Crippen LogP contribution in [-0.2, 0) is 0 Å². The Morgan fingerprint density at radius 3 is 2.65 bits per heavy atom. The average molecular weight is 356 g/mol. The van der Waals surface area contributed by atoms with Crippen molar-refractivity contribution in [1.29, 1.82) is 0 Å². The molecule has 2 aromatic rings. The molecule has 1 unspecified atom stereocenters. The molecule has 2 rings (SSSR count). The molecule has 0 bridgehead atoms. The first kappa shape index (κ1) is 14.9. The zero-order valence-electron chi connectivity index (χ0n) is 11.3. The minimum atomic E-state index is -0.461. The van der Waals surface area contributed by atoms with Gasteiger partial charge < -0.3 is 5.32 Å². The zero-order valence-corrected chi connectivity index (χ0v) is 13.7. The number of nitrogens with one attached hydrogen (secondary N) is 1. The first-order chi connectivity index (χ1) is 9.38. The Bertz CT molecular complexity index is 657. The smallest absolute Gasteiger partial charge is 0.288 e. The largest absolute Gasteiger partial charge is 0.363 e. The second-order valence-corrected chi connectivity index (χ2v) is 6.83. The number of halogens is 1. The Morgan fingerprint density at radius 2 is 2.15 bits per heavy atom. The van der Waals surface area contributed by atoms with Gasteiger partial charge in [0.1, 0.15) is 12.0 Å². The third kappa shape index (κ3) is 3.16. The van der Waals surface area contributed by atoms with Gasteiger partial charge in [-0.2, -0.15) is 0 Å². The van der Waals surface area contributed by atoms with E-state index in [4.69, 9.17) is 0 Å². The van der Waals surface area contributed by atoms with Crippen LogP contribution in [0.3, 0.4) is 0 Å². The second-order valence-electron chi connectivity index (χ2n) is 4.52. The van der Waals surface area contributed by atoms with Crippen LogP contribution in [-0.4, -0.2) is 9.91 Å². The number of aromatic nitrogens is 1. The van der Waals surface area contributed by atoms with E-state index in [0.29, 0.717) is 10.3 Å². The summed E-state index contributed by atoms with van der Waals surface area (Å²) in [4.78, 5) is 16.9. The van der Waals surface area contributed by atoms with Gasteiger partial charge in [-0.15, -0.1) is 11.3 Å². The Kier molecular flexibility index (Phi) is 4.39. The molecule has 1 N–H and O–H groups in total. The second kappa shape index (κ2) is 5.88. The molecule has 7 heteroatoms.